The molecule has 0 bridgehead atoms. The van der Waals surface area contributed by atoms with Gasteiger partial charge in [-0.25, -0.2) is 9.37 Å². The Bertz CT molecular complexity index is 538. The molecule has 0 saturated heterocycles. The molecule has 0 fully saturated rings. The average molecular weight is 231 g/mol. The van der Waals surface area contributed by atoms with Gasteiger partial charge in [0, 0.05) is 17.8 Å². The molecule has 0 aliphatic carbocycles. The summed E-state index contributed by atoms with van der Waals surface area (Å²) in [6.07, 6.45) is 2.06. The molecule has 0 unspecified atom stereocenters. The van der Waals surface area contributed by atoms with Crippen LogP contribution < -0.4 is 4.74 Å². The molecule has 1 aromatic carbocycles. The Morgan fingerprint density at radius 1 is 1.29 bits per heavy atom. The van der Waals surface area contributed by atoms with Gasteiger partial charge in [0.05, 0.1) is 0 Å². The molecule has 0 N–H and O–H groups in total. The molecule has 1 heterocycles. The van der Waals surface area contributed by atoms with Gasteiger partial charge in [-0.15, -0.1) is 0 Å². The van der Waals surface area contributed by atoms with Crippen molar-refractivity contribution in [3.05, 3.63) is 53.5 Å². The standard InChI is InChI=1S/C13H10FNO2/c1-9-2-4-11(14)12(6-9)17-13-5-3-10(8-16)7-15-13/h2-8H,1H3. The number of benzene rings is 1. The van der Waals surface area contributed by atoms with E-state index in [0.29, 0.717) is 11.8 Å². The van der Waals surface area contributed by atoms with Crippen LogP contribution >= 0.6 is 0 Å². The van der Waals surface area contributed by atoms with E-state index in [2.05, 4.69) is 4.98 Å². The molecule has 1 aromatic heterocycles. The summed E-state index contributed by atoms with van der Waals surface area (Å²) in [5.41, 5.74) is 1.34. The van der Waals surface area contributed by atoms with Crippen molar-refractivity contribution in [1.82, 2.24) is 4.98 Å². The number of aromatic nitrogens is 1. The number of carbonyl (C=O) groups excluding carboxylic acids is 1. The fourth-order valence-corrected chi connectivity index (χ4v) is 1.32. The van der Waals surface area contributed by atoms with Gasteiger partial charge in [-0.05, 0) is 30.7 Å². The summed E-state index contributed by atoms with van der Waals surface area (Å²) in [6.45, 7) is 1.84. The Labute approximate surface area is 97.9 Å². The third-order valence-electron chi connectivity index (χ3n) is 2.20. The number of rotatable bonds is 3. The number of ether oxygens (including phenoxy) is 1. The van der Waals surface area contributed by atoms with E-state index < -0.39 is 5.82 Å². The average Bonchev–Trinajstić information content (AvgIpc) is 2.35. The summed E-state index contributed by atoms with van der Waals surface area (Å²) in [6, 6.07) is 7.66. The largest absolute Gasteiger partial charge is 0.436 e. The van der Waals surface area contributed by atoms with E-state index in [1.807, 2.05) is 6.92 Å². The van der Waals surface area contributed by atoms with Crippen molar-refractivity contribution in [2.45, 2.75) is 6.92 Å². The molecule has 0 aliphatic heterocycles. The number of carbonyl (C=O) groups is 1. The first kappa shape index (κ1) is 11.3. The van der Waals surface area contributed by atoms with Crippen molar-refractivity contribution in [2.75, 3.05) is 0 Å². The van der Waals surface area contributed by atoms with Crippen LogP contribution in [-0.4, -0.2) is 11.3 Å². The molecular formula is C13H10FNO2. The van der Waals surface area contributed by atoms with Gasteiger partial charge >= 0.3 is 0 Å². The lowest BCUT2D eigenvalue weighted by molar-refractivity contribution is 0.112. The Morgan fingerprint density at radius 3 is 2.76 bits per heavy atom. The first-order valence-electron chi connectivity index (χ1n) is 5.04. The van der Waals surface area contributed by atoms with Crippen molar-refractivity contribution in [3.8, 4) is 11.6 Å². The fraction of sp³-hybridized carbons (Fsp3) is 0.0769. The maximum atomic E-state index is 13.4. The minimum Gasteiger partial charge on any atom is -0.436 e. The second kappa shape index (κ2) is 4.74. The summed E-state index contributed by atoms with van der Waals surface area (Å²) < 4.78 is 18.7. The van der Waals surface area contributed by atoms with Crippen LogP contribution in [0.5, 0.6) is 11.6 Å². The van der Waals surface area contributed by atoms with Crippen LogP contribution in [0.3, 0.4) is 0 Å². The van der Waals surface area contributed by atoms with Crippen LogP contribution in [0, 0.1) is 12.7 Å². The van der Waals surface area contributed by atoms with E-state index in [1.165, 1.54) is 18.3 Å². The zero-order valence-electron chi connectivity index (χ0n) is 9.18. The van der Waals surface area contributed by atoms with E-state index in [9.17, 15) is 9.18 Å². The first-order valence-corrected chi connectivity index (χ1v) is 5.04. The lowest BCUT2D eigenvalue weighted by Crippen LogP contribution is -1.92. The minimum atomic E-state index is -0.447. The second-order valence-corrected chi connectivity index (χ2v) is 3.58. The predicted molar refractivity (Wildman–Crippen MR) is 60.8 cm³/mol. The monoisotopic (exact) mass is 231 g/mol. The maximum absolute atomic E-state index is 13.4. The highest BCUT2D eigenvalue weighted by Gasteiger charge is 2.05. The molecule has 0 spiro atoms. The molecule has 0 aliphatic rings. The fourth-order valence-electron chi connectivity index (χ4n) is 1.32. The minimum absolute atomic E-state index is 0.122. The highest BCUT2D eigenvalue weighted by molar-refractivity contribution is 5.74. The van der Waals surface area contributed by atoms with Crippen LogP contribution in [0.25, 0.3) is 0 Å². The van der Waals surface area contributed by atoms with Gasteiger partial charge in [0.15, 0.2) is 17.9 Å². The van der Waals surface area contributed by atoms with Crippen LogP contribution in [-0.2, 0) is 0 Å². The van der Waals surface area contributed by atoms with Crippen molar-refractivity contribution >= 4 is 6.29 Å². The molecule has 17 heavy (non-hydrogen) atoms. The molecule has 2 aromatic rings. The van der Waals surface area contributed by atoms with Crippen molar-refractivity contribution in [3.63, 3.8) is 0 Å². The Morgan fingerprint density at radius 2 is 2.12 bits per heavy atom. The smallest absolute Gasteiger partial charge is 0.219 e. The Hall–Kier alpha value is -2.23. The van der Waals surface area contributed by atoms with E-state index in [1.54, 1.807) is 18.2 Å². The van der Waals surface area contributed by atoms with E-state index in [0.717, 1.165) is 5.56 Å². The van der Waals surface area contributed by atoms with Gasteiger partial charge in [-0.3, -0.25) is 4.79 Å². The normalized spacial score (nSPS) is 10.0. The number of nitrogens with zero attached hydrogens (tertiary/aromatic N) is 1. The second-order valence-electron chi connectivity index (χ2n) is 3.58. The number of hydrogen-bond acceptors (Lipinski definition) is 3. The zero-order chi connectivity index (χ0) is 12.3. The van der Waals surface area contributed by atoms with Crippen LogP contribution in [0.1, 0.15) is 15.9 Å². The van der Waals surface area contributed by atoms with Crippen molar-refractivity contribution in [1.29, 1.82) is 0 Å². The number of hydrogen-bond donors (Lipinski definition) is 0. The SMILES string of the molecule is Cc1ccc(F)c(Oc2ccc(C=O)cn2)c1. The predicted octanol–water partition coefficient (Wildman–Crippen LogP) is 3.13. The molecule has 0 saturated carbocycles. The molecule has 2 rings (SSSR count). The molecule has 86 valence electrons. The summed E-state index contributed by atoms with van der Waals surface area (Å²) >= 11 is 0. The van der Waals surface area contributed by atoms with E-state index in [-0.39, 0.29) is 11.6 Å². The molecule has 0 atom stereocenters. The number of aldehydes is 1. The highest BCUT2D eigenvalue weighted by atomic mass is 19.1. The maximum Gasteiger partial charge on any atom is 0.219 e. The van der Waals surface area contributed by atoms with Crippen molar-refractivity contribution in [2.24, 2.45) is 0 Å². The number of aryl methyl sites for hydroxylation is 1. The quantitative estimate of drug-likeness (QED) is 0.762. The topological polar surface area (TPSA) is 39.2 Å². The third kappa shape index (κ3) is 2.66. The van der Waals surface area contributed by atoms with Gasteiger partial charge in [-0.1, -0.05) is 6.07 Å². The molecule has 0 amide bonds. The number of halogens is 1. The molecule has 3 nitrogen and oxygen atoms in total. The van der Waals surface area contributed by atoms with E-state index in [4.69, 9.17) is 4.74 Å². The van der Waals surface area contributed by atoms with Gasteiger partial charge < -0.3 is 4.74 Å². The molecular weight excluding hydrogens is 221 g/mol. The van der Waals surface area contributed by atoms with Crippen LogP contribution in [0.4, 0.5) is 4.39 Å². The van der Waals surface area contributed by atoms with E-state index >= 15 is 0 Å². The Kier molecular flexibility index (Phi) is 3.14. The lowest BCUT2D eigenvalue weighted by Gasteiger charge is -2.06. The van der Waals surface area contributed by atoms with Gasteiger partial charge in [-0.2, -0.15) is 0 Å². The summed E-state index contributed by atoms with van der Waals surface area (Å²) in [7, 11) is 0. The van der Waals surface area contributed by atoms with Crippen LogP contribution in [0.2, 0.25) is 0 Å². The van der Waals surface area contributed by atoms with Gasteiger partial charge in [0.2, 0.25) is 5.88 Å². The van der Waals surface area contributed by atoms with Gasteiger partial charge in [0.25, 0.3) is 0 Å². The van der Waals surface area contributed by atoms with Gasteiger partial charge in [0.1, 0.15) is 0 Å². The highest BCUT2D eigenvalue weighted by Crippen LogP contribution is 2.23. The summed E-state index contributed by atoms with van der Waals surface area (Å²) in [4.78, 5) is 14.3. The molecule has 4 heteroatoms. The summed E-state index contributed by atoms with van der Waals surface area (Å²) in [5, 5.41) is 0. The Balaban J connectivity index is 2.24. The third-order valence-corrected chi connectivity index (χ3v) is 2.20. The van der Waals surface area contributed by atoms with Crippen LogP contribution in [0.15, 0.2) is 36.5 Å². The lowest BCUT2D eigenvalue weighted by atomic mass is 10.2. The zero-order valence-corrected chi connectivity index (χ0v) is 9.18. The first-order chi connectivity index (χ1) is 8.19. The van der Waals surface area contributed by atoms with Crippen molar-refractivity contribution < 1.29 is 13.9 Å². The number of pyridine rings is 1. The molecule has 0 radical (unpaired) electrons. The summed E-state index contributed by atoms with van der Waals surface area (Å²) in [5.74, 6) is -0.0756.